The van der Waals surface area contributed by atoms with Crippen molar-refractivity contribution >= 4 is 87.5 Å². The molecule has 7 heterocycles. The predicted octanol–water partition coefficient (Wildman–Crippen LogP) is 22.6. The van der Waals surface area contributed by atoms with Crippen LogP contribution in [-0.4, -0.2) is 43.2 Å². The fraction of sp³-hybridized carbons (Fsp3) is 0. The van der Waals surface area contributed by atoms with Crippen LogP contribution in [0.2, 0.25) is 0 Å². The van der Waals surface area contributed by atoms with Crippen molar-refractivity contribution < 1.29 is 0 Å². The van der Waals surface area contributed by atoms with Gasteiger partial charge in [0.15, 0.2) is 17.5 Å². The molecule has 0 spiro atoms. The zero-order valence-corrected chi connectivity index (χ0v) is 54.8. The topological polar surface area (TPSA) is 108 Å². The first kappa shape index (κ1) is 58.0. The van der Waals surface area contributed by atoms with Gasteiger partial charge in [0.05, 0.1) is 77.7 Å². The summed E-state index contributed by atoms with van der Waals surface area (Å²) in [6, 6.07) is 118. The van der Waals surface area contributed by atoms with E-state index in [9.17, 15) is 5.26 Å². The van der Waals surface area contributed by atoms with Crippen LogP contribution >= 0.6 is 0 Å². The SMILES string of the molecule is N#Cc1c(-c2ccc(-n3c4ccccc4c4cc(-c5ccccc5)ccc43)cc2)c(-n2c3ccccc3c3ncccc32)c(-c2ccc(-n3c4ccccc4c4cc(-c5ccccc5)ccc43)cc2)c(-c2nc(-c3ccccc3)nc(-c3ccccc3)n2)c1-n1c2ccccc2c2ncccc21. The summed E-state index contributed by atoms with van der Waals surface area (Å²) in [4.78, 5) is 27.1. The Hall–Kier alpha value is -14.1. The number of rotatable bonds is 11. The molecule has 0 saturated heterocycles. The quantitative estimate of drug-likeness (QED) is 0.128. The van der Waals surface area contributed by atoms with Crippen molar-refractivity contribution in [1.29, 1.82) is 5.26 Å². The number of pyridine rings is 2. The van der Waals surface area contributed by atoms with Crippen LogP contribution in [-0.2, 0) is 0 Å². The van der Waals surface area contributed by atoms with Crippen LogP contribution in [0.25, 0.3) is 189 Å². The van der Waals surface area contributed by atoms with Crippen LogP contribution in [0.4, 0.5) is 0 Å². The zero-order chi connectivity index (χ0) is 67.4. The highest BCUT2D eigenvalue weighted by Crippen LogP contribution is 2.53. The molecule has 0 amide bonds. The summed E-state index contributed by atoms with van der Waals surface area (Å²) in [6.07, 6.45) is 3.70. The first-order valence-corrected chi connectivity index (χ1v) is 34.2. The molecule has 20 aromatic rings. The second-order valence-electron chi connectivity index (χ2n) is 25.8. The lowest BCUT2D eigenvalue weighted by Gasteiger charge is -2.27. The van der Waals surface area contributed by atoms with Crippen LogP contribution in [0.1, 0.15) is 5.56 Å². The van der Waals surface area contributed by atoms with Gasteiger partial charge in [0.25, 0.3) is 0 Å². The van der Waals surface area contributed by atoms with Crippen molar-refractivity contribution in [2.24, 2.45) is 0 Å². The molecule has 0 atom stereocenters. The molecule has 0 saturated carbocycles. The molecule has 10 heteroatoms. The lowest BCUT2D eigenvalue weighted by Crippen LogP contribution is -2.12. The Bertz CT molecular complexity index is 6620. The fourth-order valence-corrected chi connectivity index (χ4v) is 15.7. The Morgan fingerprint density at radius 3 is 1.02 bits per heavy atom. The highest BCUT2D eigenvalue weighted by molar-refractivity contribution is 6.15. The highest BCUT2D eigenvalue weighted by Gasteiger charge is 2.35. The predicted molar refractivity (Wildman–Crippen MR) is 416 cm³/mol. The summed E-state index contributed by atoms with van der Waals surface area (Å²) in [6.45, 7) is 0. The van der Waals surface area contributed by atoms with Gasteiger partial charge in [0.2, 0.25) is 0 Å². The number of nitriles is 1. The third kappa shape index (κ3) is 9.16. The van der Waals surface area contributed by atoms with Gasteiger partial charge in [-0.15, -0.1) is 0 Å². The lowest BCUT2D eigenvalue weighted by atomic mass is 9.85. The first-order chi connectivity index (χ1) is 50.6. The first-order valence-electron chi connectivity index (χ1n) is 34.2. The molecule has 0 radical (unpaired) electrons. The minimum absolute atomic E-state index is 0.364. The largest absolute Gasteiger partial charge is 0.309 e. The Kier molecular flexibility index (Phi) is 13.4. The number of hydrogen-bond donors (Lipinski definition) is 0. The molecule has 0 aliphatic carbocycles. The fourth-order valence-electron chi connectivity index (χ4n) is 15.7. The Balaban J connectivity index is 0.944. The standard InChI is InChI=1S/C92H56N10/c93-57-74-83(60-41-47-66(48-42-60)99-75-35-17-13-31-68(75)72-55-64(45-51-79(72)99)58-23-5-1-6-24-58)89(102-78-38-20-16-34-71(78)87-82(102)40-22-54-95-87)84(61-43-49-67(50-44-61)100-76-36-18-14-32-69(76)73-56-65(46-52-80(73)100)59-25-7-2-8-26-59)85(88(74)101-77-37-19-15-33-70(77)86-81(101)39-21-53-94-86)92-97-90(62-27-9-3-10-28-62)96-91(98-92)63-29-11-4-12-30-63/h1-56H. The second kappa shape index (κ2) is 23.6. The number of fused-ring (bicyclic) bond motifs is 12. The summed E-state index contributed by atoms with van der Waals surface area (Å²) in [5.74, 6) is 1.31. The lowest BCUT2D eigenvalue weighted by molar-refractivity contribution is 1.06. The Morgan fingerprint density at radius 2 is 0.578 bits per heavy atom. The van der Waals surface area contributed by atoms with Crippen molar-refractivity contribution in [1.82, 2.24) is 43.2 Å². The maximum Gasteiger partial charge on any atom is 0.166 e. The molecule has 13 aromatic carbocycles. The molecule has 0 unspecified atom stereocenters. The summed E-state index contributed by atoms with van der Waals surface area (Å²) < 4.78 is 9.29. The maximum atomic E-state index is 13.0. The Labute approximate surface area is 585 Å². The van der Waals surface area contributed by atoms with Gasteiger partial charge in [-0.2, -0.15) is 5.26 Å². The van der Waals surface area contributed by atoms with Gasteiger partial charge in [0, 0.05) is 78.3 Å². The second-order valence-corrected chi connectivity index (χ2v) is 25.8. The number of para-hydroxylation sites is 4. The van der Waals surface area contributed by atoms with Crippen LogP contribution in [0, 0.1) is 11.3 Å². The molecule has 7 aromatic heterocycles. The molecule has 0 N–H and O–H groups in total. The van der Waals surface area contributed by atoms with Gasteiger partial charge in [-0.05, 0) is 130 Å². The molecule has 474 valence electrons. The van der Waals surface area contributed by atoms with E-state index in [1.807, 2.05) is 85.2 Å². The van der Waals surface area contributed by atoms with E-state index in [1.165, 1.54) is 0 Å². The van der Waals surface area contributed by atoms with E-state index in [0.29, 0.717) is 39.9 Å². The van der Waals surface area contributed by atoms with Crippen LogP contribution < -0.4 is 0 Å². The summed E-state index contributed by atoms with van der Waals surface area (Å²) in [7, 11) is 0. The number of hydrogen-bond acceptors (Lipinski definition) is 6. The summed E-state index contributed by atoms with van der Waals surface area (Å²) in [5, 5.41) is 19.5. The van der Waals surface area contributed by atoms with Gasteiger partial charge >= 0.3 is 0 Å². The van der Waals surface area contributed by atoms with Gasteiger partial charge in [0.1, 0.15) is 6.07 Å². The van der Waals surface area contributed by atoms with E-state index < -0.39 is 0 Å². The van der Waals surface area contributed by atoms with E-state index in [0.717, 1.165) is 155 Å². The maximum absolute atomic E-state index is 13.0. The third-order valence-electron chi connectivity index (χ3n) is 20.2. The molecule has 0 aliphatic rings. The average molecular weight is 1300 g/mol. The molecular weight excluding hydrogens is 1250 g/mol. The van der Waals surface area contributed by atoms with E-state index >= 15 is 0 Å². The third-order valence-corrected chi connectivity index (χ3v) is 20.2. The summed E-state index contributed by atoms with van der Waals surface area (Å²) >= 11 is 0. The molecule has 20 rings (SSSR count). The van der Waals surface area contributed by atoms with Crippen LogP contribution in [0.15, 0.2) is 340 Å². The van der Waals surface area contributed by atoms with Crippen molar-refractivity contribution in [2.45, 2.75) is 0 Å². The number of aromatic nitrogens is 9. The van der Waals surface area contributed by atoms with Crippen molar-refractivity contribution in [3.05, 3.63) is 346 Å². The van der Waals surface area contributed by atoms with Gasteiger partial charge in [-0.3, -0.25) is 9.97 Å². The van der Waals surface area contributed by atoms with Gasteiger partial charge in [-0.25, -0.2) is 15.0 Å². The molecule has 10 nitrogen and oxygen atoms in total. The van der Waals surface area contributed by atoms with Crippen molar-refractivity contribution in [2.75, 3.05) is 0 Å². The van der Waals surface area contributed by atoms with Crippen molar-refractivity contribution in [3.8, 4) is 107 Å². The van der Waals surface area contributed by atoms with E-state index in [4.69, 9.17) is 24.9 Å². The Morgan fingerprint density at radius 1 is 0.235 bits per heavy atom. The molecule has 102 heavy (non-hydrogen) atoms. The van der Waals surface area contributed by atoms with Crippen LogP contribution in [0.5, 0.6) is 0 Å². The minimum atomic E-state index is 0.364. The number of nitrogens with zero attached hydrogens (tertiary/aromatic N) is 10. The average Bonchev–Trinajstić information content (AvgIpc) is 1.37. The smallest absolute Gasteiger partial charge is 0.166 e. The van der Waals surface area contributed by atoms with E-state index in [1.54, 1.807) is 0 Å². The number of benzene rings is 13. The van der Waals surface area contributed by atoms with Crippen LogP contribution in [0.3, 0.4) is 0 Å². The van der Waals surface area contributed by atoms with Gasteiger partial charge in [-0.1, -0.05) is 231 Å². The monoisotopic (exact) mass is 1300 g/mol. The zero-order valence-electron chi connectivity index (χ0n) is 54.8. The van der Waals surface area contributed by atoms with E-state index in [-0.39, 0.29) is 0 Å². The molecule has 0 fully saturated rings. The van der Waals surface area contributed by atoms with E-state index in [2.05, 4.69) is 279 Å². The molecular formula is C92H56N10. The normalized spacial score (nSPS) is 11.7. The van der Waals surface area contributed by atoms with Crippen molar-refractivity contribution in [3.63, 3.8) is 0 Å². The minimum Gasteiger partial charge on any atom is -0.309 e. The molecule has 0 aliphatic heterocycles. The summed E-state index contributed by atoms with van der Waals surface area (Å²) in [5.41, 5.74) is 22.9. The molecule has 0 bridgehead atoms. The van der Waals surface area contributed by atoms with Gasteiger partial charge < -0.3 is 18.3 Å². The highest BCUT2D eigenvalue weighted by atomic mass is 15.1.